The van der Waals surface area contributed by atoms with E-state index in [0.717, 1.165) is 24.8 Å². The van der Waals surface area contributed by atoms with Crippen molar-refractivity contribution in [1.82, 2.24) is 0 Å². The van der Waals surface area contributed by atoms with Gasteiger partial charge in [0.15, 0.2) is 9.84 Å². The van der Waals surface area contributed by atoms with Crippen LogP contribution in [0.1, 0.15) is 23.1 Å². The van der Waals surface area contributed by atoms with Gasteiger partial charge in [0.1, 0.15) is 5.75 Å². The third-order valence-corrected chi connectivity index (χ3v) is 4.72. The summed E-state index contributed by atoms with van der Waals surface area (Å²) in [6.07, 6.45) is 3.72. The van der Waals surface area contributed by atoms with E-state index < -0.39 is 21.6 Å². The highest BCUT2D eigenvalue weighted by molar-refractivity contribution is 7.92. The van der Waals surface area contributed by atoms with E-state index in [1.807, 2.05) is 6.07 Å². The Kier molecular flexibility index (Phi) is 3.71. The summed E-state index contributed by atoms with van der Waals surface area (Å²) >= 11 is 0. The number of carbonyl (C=O) groups is 1. The molecular weight excluding hydrogens is 252 g/mol. The molecule has 0 unspecified atom stereocenters. The zero-order valence-corrected chi connectivity index (χ0v) is 10.9. The molecule has 5 heteroatoms. The Hall–Kier alpha value is -1.36. The summed E-state index contributed by atoms with van der Waals surface area (Å²) in [7, 11) is -3.49. The third-order valence-electron chi connectivity index (χ3n) is 3.21. The molecule has 1 aliphatic carbocycles. The lowest BCUT2D eigenvalue weighted by Gasteiger charge is -2.05. The van der Waals surface area contributed by atoms with Crippen LogP contribution in [-0.4, -0.2) is 31.0 Å². The smallest absolute Gasteiger partial charge is 0.318 e. The number of benzene rings is 1. The lowest BCUT2D eigenvalue weighted by molar-refractivity contribution is -0.134. The van der Waals surface area contributed by atoms with Crippen LogP contribution in [0.2, 0.25) is 0 Å². The number of aliphatic carboxylic acids is 1. The molecule has 1 aromatic rings. The molecule has 0 spiro atoms. The van der Waals surface area contributed by atoms with Gasteiger partial charge in [-0.25, -0.2) is 8.42 Å². The first-order valence-corrected chi connectivity index (χ1v) is 7.81. The topological polar surface area (TPSA) is 71.4 Å². The van der Waals surface area contributed by atoms with E-state index in [-0.39, 0.29) is 5.75 Å². The van der Waals surface area contributed by atoms with Gasteiger partial charge in [-0.15, -0.1) is 0 Å². The van der Waals surface area contributed by atoms with Crippen LogP contribution in [0.25, 0.3) is 0 Å². The van der Waals surface area contributed by atoms with E-state index >= 15 is 0 Å². The quantitative estimate of drug-likeness (QED) is 0.871. The van der Waals surface area contributed by atoms with E-state index in [4.69, 9.17) is 5.11 Å². The number of rotatable bonds is 5. The predicted octanol–water partition coefficient (Wildman–Crippen LogP) is 1.22. The van der Waals surface area contributed by atoms with Crippen LogP contribution in [-0.2, 0) is 33.9 Å². The number of hydrogen-bond donors (Lipinski definition) is 1. The molecule has 0 radical (unpaired) electrons. The monoisotopic (exact) mass is 268 g/mol. The Morgan fingerprint density at radius 1 is 1.22 bits per heavy atom. The number of hydrogen-bond acceptors (Lipinski definition) is 3. The molecule has 0 bridgehead atoms. The Balaban J connectivity index is 2.00. The summed E-state index contributed by atoms with van der Waals surface area (Å²) in [5.41, 5.74) is 3.64. The van der Waals surface area contributed by atoms with E-state index in [1.54, 1.807) is 0 Å². The van der Waals surface area contributed by atoms with Gasteiger partial charge in [0.2, 0.25) is 0 Å². The van der Waals surface area contributed by atoms with Gasteiger partial charge in [-0.05, 0) is 42.4 Å². The van der Waals surface area contributed by atoms with Crippen LogP contribution >= 0.6 is 0 Å². The second-order valence-electron chi connectivity index (χ2n) is 4.69. The van der Waals surface area contributed by atoms with Gasteiger partial charge in [0, 0.05) is 0 Å². The lowest BCUT2D eigenvalue weighted by Crippen LogP contribution is -2.19. The van der Waals surface area contributed by atoms with Crippen molar-refractivity contribution in [3.05, 3.63) is 34.9 Å². The van der Waals surface area contributed by atoms with Crippen molar-refractivity contribution in [1.29, 1.82) is 0 Å². The SMILES string of the molecule is O=C(O)CS(=O)(=O)CCc1ccc2c(c1)CCC2. The van der Waals surface area contributed by atoms with Gasteiger partial charge < -0.3 is 5.11 Å². The average molecular weight is 268 g/mol. The first kappa shape index (κ1) is 13.1. The standard InChI is InChI=1S/C13H16O4S/c14-13(15)9-18(16,17)7-6-10-4-5-11-2-1-3-12(11)8-10/h4-5,8H,1-3,6-7,9H2,(H,14,15). The van der Waals surface area contributed by atoms with Gasteiger partial charge in [0.25, 0.3) is 0 Å². The summed E-state index contributed by atoms with van der Waals surface area (Å²) in [5, 5.41) is 8.49. The number of aryl methyl sites for hydroxylation is 3. The lowest BCUT2D eigenvalue weighted by atomic mass is 10.1. The minimum absolute atomic E-state index is 0.0991. The molecule has 0 aromatic heterocycles. The molecule has 4 nitrogen and oxygen atoms in total. The van der Waals surface area contributed by atoms with E-state index in [0.29, 0.717) is 6.42 Å². The van der Waals surface area contributed by atoms with Gasteiger partial charge >= 0.3 is 5.97 Å². The second kappa shape index (κ2) is 5.10. The van der Waals surface area contributed by atoms with Gasteiger partial charge in [-0.1, -0.05) is 18.2 Å². The van der Waals surface area contributed by atoms with Crippen molar-refractivity contribution in [3.63, 3.8) is 0 Å². The zero-order valence-electron chi connectivity index (χ0n) is 10.1. The van der Waals surface area contributed by atoms with Crippen LogP contribution in [0.5, 0.6) is 0 Å². The molecule has 0 atom stereocenters. The first-order chi connectivity index (χ1) is 8.46. The number of fused-ring (bicyclic) bond motifs is 1. The van der Waals surface area contributed by atoms with Crippen molar-refractivity contribution in [2.75, 3.05) is 11.5 Å². The Labute approximate surface area is 107 Å². The highest BCUT2D eigenvalue weighted by Gasteiger charge is 2.16. The van der Waals surface area contributed by atoms with Crippen LogP contribution in [0.4, 0.5) is 0 Å². The molecule has 0 heterocycles. The maximum Gasteiger partial charge on any atom is 0.318 e. The summed E-state index contributed by atoms with van der Waals surface area (Å²) in [6, 6.07) is 6.06. The fourth-order valence-corrected chi connectivity index (χ4v) is 3.38. The second-order valence-corrected chi connectivity index (χ2v) is 6.88. The van der Waals surface area contributed by atoms with E-state index in [9.17, 15) is 13.2 Å². The average Bonchev–Trinajstić information content (AvgIpc) is 2.71. The Morgan fingerprint density at radius 3 is 2.67 bits per heavy atom. The minimum Gasteiger partial charge on any atom is -0.480 e. The van der Waals surface area contributed by atoms with Gasteiger partial charge in [-0.3, -0.25) is 4.79 Å². The maximum atomic E-state index is 11.5. The molecule has 18 heavy (non-hydrogen) atoms. The molecule has 0 fully saturated rings. The van der Waals surface area contributed by atoms with Crippen LogP contribution in [0.3, 0.4) is 0 Å². The fourth-order valence-electron chi connectivity index (χ4n) is 2.31. The van der Waals surface area contributed by atoms with Crippen LogP contribution in [0.15, 0.2) is 18.2 Å². The van der Waals surface area contributed by atoms with Crippen molar-refractivity contribution < 1.29 is 18.3 Å². The highest BCUT2D eigenvalue weighted by atomic mass is 32.2. The molecule has 0 amide bonds. The number of carboxylic acid groups (broad SMARTS) is 1. The van der Waals surface area contributed by atoms with Crippen LogP contribution < -0.4 is 0 Å². The third kappa shape index (κ3) is 3.32. The summed E-state index contributed by atoms with van der Waals surface area (Å²) in [5.74, 6) is -2.17. The molecule has 0 saturated carbocycles. The molecular formula is C13H16O4S. The fraction of sp³-hybridized carbons (Fsp3) is 0.462. The molecule has 98 valence electrons. The van der Waals surface area contributed by atoms with Crippen LogP contribution in [0, 0.1) is 0 Å². The summed E-state index contributed by atoms with van der Waals surface area (Å²) < 4.78 is 22.9. The molecule has 0 aliphatic heterocycles. The zero-order chi connectivity index (χ0) is 13.2. The highest BCUT2D eigenvalue weighted by Crippen LogP contribution is 2.23. The summed E-state index contributed by atoms with van der Waals surface area (Å²) in [4.78, 5) is 10.4. The maximum absolute atomic E-state index is 11.5. The summed E-state index contributed by atoms with van der Waals surface area (Å²) in [6.45, 7) is 0. The predicted molar refractivity (Wildman–Crippen MR) is 68.5 cm³/mol. The molecule has 1 aromatic carbocycles. The van der Waals surface area contributed by atoms with E-state index in [2.05, 4.69) is 12.1 Å². The normalized spacial score (nSPS) is 14.4. The first-order valence-electron chi connectivity index (χ1n) is 5.99. The number of sulfone groups is 1. The van der Waals surface area contributed by atoms with Crippen molar-refractivity contribution >= 4 is 15.8 Å². The number of carboxylic acids is 1. The van der Waals surface area contributed by atoms with Crippen molar-refractivity contribution in [2.24, 2.45) is 0 Å². The largest absolute Gasteiger partial charge is 0.480 e. The van der Waals surface area contributed by atoms with Gasteiger partial charge in [0.05, 0.1) is 5.75 Å². The Morgan fingerprint density at radius 2 is 1.94 bits per heavy atom. The molecule has 1 aliphatic rings. The Bertz CT molecular complexity index is 560. The van der Waals surface area contributed by atoms with Gasteiger partial charge in [-0.2, -0.15) is 0 Å². The molecule has 1 N–H and O–H groups in total. The minimum atomic E-state index is -3.49. The van der Waals surface area contributed by atoms with Crippen molar-refractivity contribution in [3.8, 4) is 0 Å². The van der Waals surface area contributed by atoms with E-state index in [1.165, 1.54) is 11.1 Å². The van der Waals surface area contributed by atoms with Crippen molar-refractivity contribution in [2.45, 2.75) is 25.7 Å². The molecule has 2 rings (SSSR count). The molecule has 0 saturated heterocycles.